The first-order valence-electron chi connectivity index (χ1n) is 29.4. The molecular weight excluding hydrogens is 1030 g/mol. The van der Waals surface area contributed by atoms with Gasteiger partial charge in [-0.1, -0.05) is 90.0 Å². The topological polar surface area (TPSA) is 262 Å². The minimum atomic E-state index is -0.683. The third-order valence-corrected chi connectivity index (χ3v) is 17.5. The van der Waals surface area contributed by atoms with Crippen molar-refractivity contribution in [3.63, 3.8) is 0 Å². The van der Waals surface area contributed by atoms with Crippen molar-refractivity contribution in [2.24, 2.45) is 5.92 Å². The van der Waals surface area contributed by atoms with Crippen LogP contribution >= 0.6 is 0 Å². The molecule has 432 valence electrons. The highest BCUT2D eigenvalue weighted by molar-refractivity contribution is 6.02. The fourth-order valence-electron chi connectivity index (χ4n) is 12.6. The number of unbranched alkanes of at least 4 members (excludes halogenated alkanes) is 2. The van der Waals surface area contributed by atoms with Crippen LogP contribution in [-0.4, -0.2) is 136 Å². The predicted molar refractivity (Wildman–Crippen MR) is 300 cm³/mol. The van der Waals surface area contributed by atoms with E-state index in [0.29, 0.717) is 56.9 Å². The van der Waals surface area contributed by atoms with Crippen LogP contribution in [0.25, 0.3) is 0 Å². The van der Waals surface area contributed by atoms with E-state index in [-0.39, 0.29) is 52.7 Å². The molecule has 81 heavy (non-hydrogen) atoms. The number of benzene rings is 2. The smallest absolute Gasteiger partial charge is 0.271 e. The summed E-state index contributed by atoms with van der Waals surface area (Å²) < 4.78 is 5.59. The zero-order valence-corrected chi connectivity index (χ0v) is 47.1. The molecule has 0 bridgehead atoms. The van der Waals surface area contributed by atoms with Crippen molar-refractivity contribution in [2.75, 3.05) is 14.1 Å². The molecule has 1 spiro atoms. The number of aromatic nitrogens is 8. The van der Waals surface area contributed by atoms with Gasteiger partial charge in [0.05, 0.1) is 36.1 Å². The first-order chi connectivity index (χ1) is 39.3. The second-order valence-electron chi connectivity index (χ2n) is 22.8. The van der Waals surface area contributed by atoms with E-state index < -0.39 is 42.3 Å². The van der Waals surface area contributed by atoms with Crippen LogP contribution in [0.4, 0.5) is 0 Å². The van der Waals surface area contributed by atoms with E-state index in [1.807, 2.05) is 94.7 Å². The highest BCUT2D eigenvalue weighted by Crippen LogP contribution is 2.59. The van der Waals surface area contributed by atoms with Crippen molar-refractivity contribution in [2.45, 2.75) is 190 Å². The third-order valence-electron chi connectivity index (χ3n) is 17.5. The number of carbonyl (C=O) groups is 6. The number of fused-ring (bicyclic) bond motifs is 1. The molecule has 10 rings (SSSR count). The van der Waals surface area contributed by atoms with Crippen LogP contribution in [0.1, 0.15) is 150 Å². The maximum Gasteiger partial charge on any atom is 0.271 e. The molecule has 2 aromatic carbocycles. The normalized spacial score (nSPS) is 24.0. The Morgan fingerprint density at radius 2 is 1.35 bits per heavy atom. The van der Waals surface area contributed by atoms with Gasteiger partial charge in [0.25, 0.3) is 5.91 Å². The van der Waals surface area contributed by atoms with Gasteiger partial charge in [-0.3, -0.25) is 38.1 Å². The number of hydrogen-bond donors (Lipinski definition) is 6. The molecule has 1 unspecified atom stereocenters. The van der Waals surface area contributed by atoms with E-state index in [4.69, 9.17) is 5.10 Å². The summed E-state index contributed by atoms with van der Waals surface area (Å²) in [5.41, 5.74) is 3.91. The molecule has 6 N–H and O–H groups in total. The summed E-state index contributed by atoms with van der Waals surface area (Å²) >= 11 is 0. The van der Waals surface area contributed by atoms with Crippen molar-refractivity contribution < 1.29 is 28.8 Å². The molecule has 5 aromatic rings. The van der Waals surface area contributed by atoms with Gasteiger partial charge in [-0.05, 0) is 141 Å². The summed E-state index contributed by atoms with van der Waals surface area (Å²) in [5.74, 6) is -1.14. The van der Waals surface area contributed by atoms with Gasteiger partial charge in [-0.25, -0.2) is 0 Å². The molecule has 0 radical (unpaired) electrons. The van der Waals surface area contributed by atoms with E-state index in [2.05, 4.69) is 52.5 Å². The van der Waals surface area contributed by atoms with Gasteiger partial charge < -0.3 is 51.5 Å². The standard InChI is InChI=1S/C59H79N16O6/c1-38(60-3)53(76)62-45-25-12-11-24-44-27-28-49(74(44)57(45)80)55(78)64-51(40-18-7-5-8-19-40)47-36-73(70-67-47)32-14-13-23-43-35-72(69-66-43)33-16-15-31-71-37-48(68-71)52(41-20-9-6-10-21-41)65-56(79)50-29-30-59-34-42(59)22-17-26-46(58(81)75(50)59)63-54(77)39(2)61-4/h5-10,18-21,26,35-39,42,44-45,49-52,60-61H,11-17,22-25,27-34H2,1-4H3,(H,62,76)(H,63,77)(H,64,78)(H,65,79)/q-1/t38-,39-,42-,44-,45-,49-,50-,51-,52-,59?/m0/s1. The zero-order valence-electron chi connectivity index (χ0n) is 47.1. The minimum absolute atomic E-state index is 0.0564. The molecule has 5 aliphatic rings. The van der Waals surface area contributed by atoms with Crippen LogP contribution in [0.3, 0.4) is 0 Å². The van der Waals surface area contributed by atoms with Gasteiger partial charge in [-0.15, -0.1) is 15.9 Å². The van der Waals surface area contributed by atoms with Gasteiger partial charge in [0, 0.05) is 37.4 Å². The average molecular weight is 1110 g/mol. The molecular formula is C59H79N16O6-. The van der Waals surface area contributed by atoms with Gasteiger partial charge in [0.2, 0.25) is 29.5 Å². The number of likely N-dealkylation sites (N-methyl/N-ethyl adjacent to an activating group) is 2. The maximum absolute atomic E-state index is 14.3. The zero-order chi connectivity index (χ0) is 56.6. The monoisotopic (exact) mass is 1110 g/mol. The van der Waals surface area contributed by atoms with Crippen LogP contribution < -0.4 is 37.0 Å². The van der Waals surface area contributed by atoms with Crippen molar-refractivity contribution in [3.05, 3.63) is 119 Å². The van der Waals surface area contributed by atoms with Crippen molar-refractivity contribution >= 4 is 35.4 Å². The average Bonchev–Trinajstić information content (AvgIpc) is 2.10. The first-order valence-corrected chi connectivity index (χ1v) is 29.4. The molecule has 4 aliphatic heterocycles. The Kier molecular flexibility index (Phi) is 17.9. The second kappa shape index (κ2) is 25.6. The summed E-state index contributed by atoms with van der Waals surface area (Å²) in [5, 5.41) is 40.8. The summed E-state index contributed by atoms with van der Waals surface area (Å²) in [6.07, 6.45) is 20.0. The van der Waals surface area contributed by atoms with E-state index in [9.17, 15) is 28.8 Å². The van der Waals surface area contributed by atoms with Gasteiger partial charge in [-0.2, -0.15) is 0 Å². The van der Waals surface area contributed by atoms with Crippen molar-refractivity contribution in [1.82, 2.24) is 81.5 Å². The van der Waals surface area contributed by atoms with Crippen LogP contribution in [0.2, 0.25) is 0 Å². The Hall–Kier alpha value is -7.46. The molecule has 1 saturated carbocycles. The van der Waals surface area contributed by atoms with Crippen molar-refractivity contribution in [3.8, 4) is 0 Å². The third kappa shape index (κ3) is 12.9. The Morgan fingerprint density at radius 1 is 0.704 bits per heavy atom. The second-order valence-corrected chi connectivity index (χ2v) is 22.8. The molecule has 3 aromatic heterocycles. The lowest BCUT2D eigenvalue weighted by Gasteiger charge is -2.37. The van der Waals surface area contributed by atoms with Crippen LogP contribution in [0.15, 0.2) is 91.0 Å². The lowest BCUT2D eigenvalue weighted by molar-refractivity contribution is -0.144. The Morgan fingerprint density at radius 3 is 2.09 bits per heavy atom. The summed E-state index contributed by atoms with van der Waals surface area (Å²) in [4.78, 5) is 86.2. The number of allylic oxidation sites excluding steroid dienone is 1. The molecule has 6 amide bonds. The Bertz CT molecular complexity index is 3010. The van der Waals surface area contributed by atoms with E-state index >= 15 is 0 Å². The largest absolute Gasteiger partial charge is 0.596 e. The number of amides is 6. The summed E-state index contributed by atoms with van der Waals surface area (Å²) in [7, 11) is 3.41. The fourth-order valence-corrected chi connectivity index (χ4v) is 12.6. The van der Waals surface area contributed by atoms with E-state index in [1.54, 1.807) is 42.4 Å². The quantitative estimate of drug-likeness (QED) is 0.0482. The summed E-state index contributed by atoms with van der Waals surface area (Å²) in [6, 6.07) is 15.4. The van der Waals surface area contributed by atoms with E-state index in [0.717, 1.165) is 99.6 Å². The van der Waals surface area contributed by atoms with Crippen molar-refractivity contribution in [1.29, 1.82) is 0 Å². The van der Waals surface area contributed by atoms with Crippen LogP contribution in [-0.2, 0) is 54.8 Å². The SMILES string of the molecule is CN[C@@H](C)C(=O)NC1=CCC[C@H]2CC23CC[C@@H](C(=O)N[C@@H](c2ccccc2)c2cn(CCCCn4cc(CCCCn5cc([C@@H](NC(=O)[C@@H]6CC[C@@H]7CCCC[C@H](NC(=O)[C@H](C)NC)C(=O)N76)c6ccccc6)nn5)nn4)[n-]2)N3C1=O. The number of hydrogen-bond acceptors (Lipinski definition) is 12. The van der Waals surface area contributed by atoms with Crippen LogP contribution in [0, 0.1) is 5.92 Å². The molecule has 22 heteroatoms. The number of rotatable bonds is 24. The molecule has 22 nitrogen and oxygen atoms in total. The molecule has 4 fully saturated rings. The first kappa shape index (κ1) is 56.8. The highest BCUT2D eigenvalue weighted by atomic mass is 16.2. The number of nitrogens with one attached hydrogen (secondary N) is 6. The van der Waals surface area contributed by atoms with Crippen LogP contribution in [0.5, 0.6) is 0 Å². The molecule has 1 aliphatic carbocycles. The Labute approximate surface area is 473 Å². The number of carbonyl (C=O) groups excluding carboxylic acids is 6. The maximum atomic E-state index is 14.3. The minimum Gasteiger partial charge on any atom is -0.596 e. The van der Waals surface area contributed by atoms with E-state index in [1.165, 1.54) is 0 Å². The highest BCUT2D eigenvalue weighted by Gasteiger charge is 2.65. The predicted octanol–water partition coefficient (Wildman–Crippen LogP) is 3.72. The van der Waals surface area contributed by atoms with Gasteiger partial charge >= 0.3 is 0 Å². The molecule has 10 atom stereocenters. The molecule has 7 heterocycles. The number of nitrogens with zero attached hydrogens (tertiary/aromatic N) is 10. The van der Waals surface area contributed by atoms with Gasteiger partial charge in [0.1, 0.15) is 29.5 Å². The number of aryl methyl sites for hydroxylation is 4. The summed E-state index contributed by atoms with van der Waals surface area (Å²) in [6.45, 7) is 5.53. The fraction of sp³-hybridized carbons (Fsp3) is 0.559. The lowest BCUT2D eigenvalue weighted by atomic mass is 9.98. The van der Waals surface area contributed by atoms with Gasteiger partial charge in [0.15, 0.2) is 0 Å². The lowest BCUT2D eigenvalue weighted by Crippen LogP contribution is -2.58. The Balaban J connectivity index is 0.683. The molecule has 3 saturated heterocycles.